The number of nitrogens with zero attached hydrogens (tertiary/aromatic N) is 1. The Hall–Kier alpha value is -3.28. The molecule has 1 aliphatic rings. The maximum Gasteiger partial charge on any atom is 0.231 e. The van der Waals surface area contributed by atoms with Crippen molar-refractivity contribution >= 4 is 5.91 Å². The van der Waals surface area contributed by atoms with Crippen molar-refractivity contribution in [1.82, 2.24) is 10.5 Å². The van der Waals surface area contributed by atoms with Gasteiger partial charge in [-0.2, -0.15) is 0 Å². The van der Waals surface area contributed by atoms with Crippen molar-refractivity contribution < 1.29 is 18.8 Å². The predicted molar refractivity (Wildman–Crippen MR) is 104 cm³/mol. The smallest absolute Gasteiger partial charge is 0.231 e. The van der Waals surface area contributed by atoms with Gasteiger partial charge in [0.15, 0.2) is 17.3 Å². The molecule has 0 bridgehead atoms. The lowest BCUT2D eigenvalue weighted by molar-refractivity contribution is -0.121. The van der Waals surface area contributed by atoms with Crippen molar-refractivity contribution in [3.63, 3.8) is 0 Å². The summed E-state index contributed by atoms with van der Waals surface area (Å²) >= 11 is 0. The van der Waals surface area contributed by atoms with Gasteiger partial charge in [-0.05, 0) is 43.5 Å². The summed E-state index contributed by atoms with van der Waals surface area (Å²) in [4.78, 5) is 12.3. The summed E-state index contributed by atoms with van der Waals surface area (Å²) < 4.78 is 16.1. The Morgan fingerprint density at radius 1 is 1.11 bits per heavy atom. The van der Waals surface area contributed by atoms with Gasteiger partial charge in [0.05, 0.1) is 12.1 Å². The number of ether oxygens (including phenoxy) is 2. The average Bonchev–Trinajstić information content (AvgIpc) is 3.35. The van der Waals surface area contributed by atoms with Crippen molar-refractivity contribution in [2.45, 2.75) is 32.2 Å². The molecule has 1 aromatic heterocycles. The Kier molecular flexibility index (Phi) is 5.28. The van der Waals surface area contributed by atoms with Gasteiger partial charge < -0.3 is 19.3 Å². The molecule has 0 aliphatic carbocycles. The fraction of sp³-hybridized carbons (Fsp3) is 0.273. The van der Waals surface area contributed by atoms with Crippen molar-refractivity contribution in [2.75, 3.05) is 6.79 Å². The van der Waals surface area contributed by atoms with Gasteiger partial charge in [-0.1, -0.05) is 35.5 Å². The van der Waals surface area contributed by atoms with Gasteiger partial charge in [0, 0.05) is 17.7 Å². The fourth-order valence-electron chi connectivity index (χ4n) is 3.17. The standard InChI is InChI=1S/C22H22N2O4/c1-15(7-8-16-5-3-2-4-6-16)23-22(25)13-18-12-20(28-24-18)17-9-10-19-21(11-17)27-14-26-19/h2-6,9-12,15H,7-8,13-14H2,1H3,(H,23,25)/t15-/m0/s1. The first-order valence-electron chi connectivity index (χ1n) is 9.36. The van der Waals surface area contributed by atoms with Crippen LogP contribution < -0.4 is 14.8 Å². The minimum absolute atomic E-state index is 0.0638. The molecular weight excluding hydrogens is 356 g/mol. The molecule has 6 heteroatoms. The van der Waals surface area contributed by atoms with E-state index in [-0.39, 0.29) is 25.2 Å². The van der Waals surface area contributed by atoms with E-state index in [1.807, 2.05) is 43.3 Å². The van der Waals surface area contributed by atoms with E-state index in [9.17, 15) is 4.79 Å². The van der Waals surface area contributed by atoms with Gasteiger partial charge in [-0.15, -0.1) is 0 Å². The van der Waals surface area contributed by atoms with Crippen LogP contribution >= 0.6 is 0 Å². The van der Waals surface area contributed by atoms with E-state index in [1.165, 1.54) is 5.56 Å². The monoisotopic (exact) mass is 378 g/mol. The van der Waals surface area contributed by atoms with E-state index in [1.54, 1.807) is 6.07 Å². The van der Waals surface area contributed by atoms with E-state index in [0.717, 1.165) is 18.4 Å². The van der Waals surface area contributed by atoms with Gasteiger partial charge in [0.1, 0.15) is 0 Å². The molecule has 1 aliphatic heterocycles. The van der Waals surface area contributed by atoms with Gasteiger partial charge in [-0.3, -0.25) is 4.79 Å². The SMILES string of the molecule is C[C@@H](CCc1ccccc1)NC(=O)Cc1cc(-c2ccc3c(c2)OCO3)on1. The zero-order valence-electron chi connectivity index (χ0n) is 15.7. The van der Waals surface area contributed by atoms with Crippen LogP contribution in [0.5, 0.6) is 11.5 Å². The number of rotatable bonds is 7. The van der Waals surface area contributed by atoms with Crippen LogP contribution in [0.4, 0.5) is 0 Å². The number of fused-ring (bicyclic) bond motifs is 1. The number of nitrogens with one attached hydrogen (secondary N) is 1. The molecule has 0 radical (unpaired) electrons. The number of carbonyl (C=O) groups excluding carboxylic acids is 1. The maximum atomic E-state index is 12.3. The summed E-state index contributed by atoms with van der Waals surface area (Å²) in [6.45, 7) is 2.24. The lowest BCUT2D eigenvalue weighted by atomic mass is 10.1. The van der Waals surface area contributed by atoms with Gasteiger partial charge in [0.25, 0.3) is 0 Å². The van der Waals surface area contributed by atoms with E-state index >= 15 is 0 Å². The second kappa shape index (κ2) is 8.17. The Labute approximate surface area is 163 Å². The number of aryl methyl sites for hydroxylation is 1. The van der Waals surface area contributed by atoms with Gasteiger partial charge in [-0.25, -0.2) is 0 Å². The number of hydrogen-bond donors (Lipinski definition) is 1. The minimum atomic E-state index is -0.0638. The molecule has 6 nitrogen and oxygen atoms in total. The highest BCUT2D eigenvalue weighted by Crippen LogP contribution is 2.36. The van der Waals surface area contributed by atoms with Crippen LogP contribution in [0.15, 0.2) is 59.1 Å². The second-order valence-corrected chi connectivity index (χ2v) is 6.92. The molecule has 0 saturated heterocycles. The van der Waals surface area contributed by atoms with Crippen molar-refractivity contribution in [3.8, 4) is 22.8 Å². The third-order valence-electron chi connectivity index (χ3n) is 4.67. The Balaban J connectivity index is 1.30. The Morgan fingerprint density at radius 3 is 2.79 bits per heavy atom. The maximum absolute atomic E-state index is 12.3. The minimum Gasteiger partial charge on any atom is -0.454 e. The van der Waals surface area contributed by atoms with E-state index in [0.29, 0.717) is 23.0 Å². The quantitative estimate of drug-likeness (QED) is 0.678. The molecule has 0 fully saturated rings. The van der Waals surface area contributed by atoms with E-state index in [2.05, 4.69) is 22.6 Å². The molecular formula is C22H22N2O4. The summed E-state index contributed by atoms with van der Waals surface area (Å²) in [5.41, 5.74) is 2.70. The lowest BCUT2D eigenvalue weighted by Gasteiger charge is -2.13. The molecule has 1 atom stereocenters. The summed E-state index contributed by atoms with van der Waals surface area (Å²) in [6.07, 6.45) is 2.00. The molecule has 2 heterocycles. The summed E-state index contributed by atoms with van der Waals surface area (Å²) in [5.74, 6) is 1.93. The van der Waals surface area contributed by atoms with Crippen molar-refractivity contribution in [3.05, 3.63) is 65.9 Å². The first-order valence-corrected chi connectivity index (χ1v) is 9.36. The highest BCUT2D eigenvalue weighted by molar-refractivity contribution is 5.78. The zero-order chi connectivity index (χ0) is 19.3. The number of benzene rings is 2. The third kappa shape index (κ3) is 4.34. The Bertz CT molecular complexity index is 952. The normalized spacial score (nSPS) is 13.3. The molecule has 3 aromatic rings. The fourth-order valence-corrected chi connectivity index (χ4v) is 3.17. The highest BCUT2D eigenvalue weighted by Gasteiger charge is 2.17. The van der Waals surface area contributed by atoms with E-state index in [4.69, 9.17) is 14.0 Å². The van der Waals surface area contributed by atoms with Crippen LogP contribution in [0.3, 0.4) is 0 Å². The molecule has 2 aromatic carbocycles. The van der Waals surface area contributed by atoms with Crippen LogP contribution in [0.2, 0.25) is 0 Å². The van der Waals surface area contributed by atoms with Crippen LogP contribution in [0.1, 0.15) is 24.6 Å². The largest absolute Gasteiger partial charge is 0.454 e. The topological polar surface area (TPSA) is 73.6 Å². The highest BCUT2D eigenvalue weighted by atomic mass is 16.7. The third-order valence-corrected chi connectivity index (χ3v) is 4.67. The zero-order valence-corrected chi connectivity index (χ0v) is 15.7. The first-order chi connectivity index (χ1) is 13.7. The molecule has 1 amide bonds. The van der Waals surface area contributed by atoms with Gasteiger partial charge in [0.2, 0.25) is 12.7 Å². The van der Waals surface area contributed by atoms with Crippen LogP contribution in [-0.2, 0) is 17.6 Å². The summed E-state index contributed by atoms with van der Waals surface area (Å²) in [6, 6.07) is 17.7. The van der Waals surface area contributed by atoms with Gasteiger partial charge >= 0.3 is 0 Å². The number of aromatic nitrogens is 1. The van der Waals surface area contributed by atoms with Crippen molar-refractivity contribution in [1.29, 1.82) is 0 Å². The van der Waals surface area contributed by atoms with Crippen LogP contribution in [0, 0.1) is 0 Å². The molecule has 0 unspecified atom stereocenters. The molecule has 0 spiro atoms. The molecule has 0 saturated carbocycles. The summed E-state index contributed by atoms with van der Waals surface area (Å²) in [7, 11) is 0. The van der Waals surface area contributed by atoms with Crippen LogP contribution in [-0.4, -0.2) is 23.9 Å². The number of amides is 1. The molecule has 1 N–H and O–H groups in total. The molecule has 4 rings (SSSR count). The first kappa shape index (κ1) is 18.1. The van der Waals surface area contributed by atoms with Crippen LogP contribution in [0.25, 0.3) is 11.3 Å². The average molecular weight is 378 g/mol. The Morgan fingerprint density at radius 2 is 1.93 bits per heavy atom. The lowest BCUT2D eigenvalue weighted by Crippen LogP contribution is -2.34. The second-order valence-electron chi connectivity index (χ2n) is 6.92. The molecule has 28 heavy (non-hydrogen) atoms. The number of hydrogen-bond acceptors (Lipinski definition) is 5. The molecule has 144 valence electrons. The van der Waals surface area contributed by atoms with E-state index < -0.39 is 0 Å². The van der Waals surface area contributed by atoms with Crippen molar-refractivity contribution in [2.24, 2.45) is 0 Å². The predicted octanol–water partition coefficient (Wildman–Crippen LogP) is 3.75. The number of carbonyl (C=O) groups is 1. The summed E-state index contributed by atoms with van der Waals surface area (Å²) in [5, 5.41) is 7.04.